The van der Waals surface area contributed by atoms with Crippen molar-refractivity contribution in [3.8, 4) is 0 Å². The van der Waals surface area contributed by atoms with Gasteiger partial charge in [0, 0.05) is 24.0 Å². The molecule has 6 heteroatoms. The highest BCUT2D eigenvalue weighted by Gasteiger charge is 2.19. The van der Waals surface area contributed by atoms with Crippen LogP contribution in [0.4, 0.5) is 0 Å². The smallest absolute Gasteiger partial charge is 0.213 e. The predicted molar refractivity (Wildman–Crippen MR) is 104 cm³/mol. The summed E-state index contributed by atoms with van der Waals surface area (Å²) in [7, 11) is 1.74. The molecule has 0 aliphatic carbocycles. The Labute approximate surface area is 153 Å². The van der Waals surface area contributed by atoms with Gasteiger partial charge < -0.3 is 15.1 Å². The number of oxazole rings is 1. The van der Waals surface area contributed by atoms with Crippen molar-refractivity contribution in [3.63, 3.8) is 0 Å². The number of hydrogen-bond donors (Lipinski definition) is 2. The van der Waals surface area contributed by atoms with Gasteiger partial charge in [-0.2, -0.15) is 0 Å². The summed E-state index contributed by atoms with van der Waals surface area (Å²) in [6.45, 7) is 7.35. The molecule has 2 aromatic heterocycles. The molecule has 3 aromatic rings. The quantitative estimate of drug-likeness (QED) is 0.557. The van der Waals surface area contributed by atoms with Gasteiger partial charge in [-0.3, -0.25) is 9.98 Å². The maximum absolute atomic E-state index is 5.79. The number of aliphatic imine (C=N–C) groups is 1. The fourth-order valence-electron chi connectivity index (χ4n) is 2.61. The van der Waals surface area contributed by atoms with Crippen LogP contribution in [-0.4, -0.2) is 23.0 Å². The number of nitrogens with one attached hydrogen (secondary N) is 2. The second-order valence-corrected chi connectivity index (χ2v) is 7.13. The molecule has 0 spiro atoms. The van der Waals surface area contributed by atoms with Crippen molar-refractivity contribution in [1.29, 1.82) is 0 Å². The number of guanidine groups is 1. The molecule has 0 bridgehead atoms. The molecule has 6 nitrogen and oxygen atoms in total. The van der Waals surface area contributed by atoms with Crippen LogP contribution in [0.25, 0.3) is 10.8 Å². The molecular formula is C20H25N5O. The second-order valence-electron chi connectivity index (χ2n) is 7.13. The van der Waals surface area contributed by atoms with Gasteiger partial charge in [0.1, 0.15) is 5.76 Å². The molecule has 0 aliphatic heterocycles. The van der Waals surface area contributed by atoms with Crippen LogP contribution in [0.3, 0.4) is 0 Å². The lowest BCUT2D eigenvalue weighted by molar-refractivity contribution is 0.379. The van der Waals surface area contributed by atoms with Crippen molar-refractivity contribution in [2.45, 2.75) is 39.3 Å². The Morgan fingerprint density at radius 2 is 1.85 bits per heavy atom. The van der Waals surface area contributed by atoms with E-state index in [0.717, 1.165) is 16.8 Å². The predicted octanol–water partition coefficient (Wildman–Crippen LogP) is 3.39. The average molecular weight is 351 g/mol. The minimum absolute atomic E-state index is 0.0504. The van der Waals surface area contributed by atoms with Gasteiger partial charge in [-0.25, -0.2) is 4.98 Å². The Morgan fingerprint density at radius 1 is 1.08 bits per heavy atom. The van der Waals surface area contributed by atoms with Crippen LogP contribution < -0.4 is 10.6 Å². The Hall–Kier alpha value is -2.89. The van der Waals surface area contributed by atoms with Crippen LogP contribution in [-0.2, 0) is 18.5 Å². The summed E-state index contributed by atoms with van der Waals surface area (Å²) in [6, 6.07) is 10.2. The first-order valence-electron chi connectivity index (χ1n) is 8.69. The topological polar surface area (TPSA) is 75.3 Å². The van der Waals surface area contributed by atoms with E-state index < -0.39 is 0 Å². The van der Waals surface area contributed by atoms with Gasteiger partial charge in [0.05, 0.1) is 25.0 Å². The molecule has 3 rings (SSSR count). The number of pyridine rings is 1. The van der Waals surface area contributed by atoms with Crippen molar-refractivity contribution in [1.82, 2.24) is 20.6 Å². The Balaban J connectivity index is 1.61. The lowest BCUT2D eigenvalue weighted by Gasteiger charge is -2.13. The van der Waals surface area contributed by atoms with Gasteiger partial charge in [0.2, 0.25) is 5.89 Å². The van der Waals surface area contributed by atoms with E-state index in [9.17, 15) is 0 Å². The van der Waals surface area contributed by atoms with Crippen molar-refractivity contribution in [2.24, 2.45) is 4.99 Å². The summed E-state index contributed by atoms with van der Waals surface area (Å²) >= 11 is 0. The van der Waals surface area contributed by atoms with Gasteiger partial charge in [-0.15, -0.1) is 0 Å². The van der Waals surface area contributed by atoms with E-state index in [2.05, 4.69) is 58.5 Å². The normalized spacial score (nSPS) is 12.4. The Morgan fingerprint density at radius 3 is 2.58 bits per heavy atom. The first-order valence-corrected chi connectivity index (χ1v) is 8.69. The van der Waals surface area contributed by atoms with Crippen LogP contribution in [0.2, 0.25) is 0 Å². The highest BCUT2D eigenvalue weighted by atomic mass is 16.4. The summed E-state index contributed by atoms with van der Waals surface area (Å²) in [5.41, 5.74) is 0.933. The summed E-state index contributed by atoms with van der Waals surface area (Å²) in [6.07, 6.45) is 3.61. The molecule has 0 fully saturated rings. The zero-order valence-electron chi connectivity index (χ0n) is 15.7. The maximum atomic E-state index is 5.79. The zero-order valence-corrected chi connectivity index (χ0v) is 15.7. The van der Waals surface area contributed by atoms with Crippen molar-refractivity contribution < 1.29 is 4.42 Å². The van der Waals surface area contributed by atoms with E-state index >= 15 is 0 Å². The molecule has 0 unspecified atom stereocenters. The first-order chi connectivity index (χ1) is 12.5. The van der Waals surface area contributed by atoms with E-state index in [4.69, 9.17) is 4.42 Å². The van der Waals surface area contributed by atoms with E-state index in [-0.39, 0.29) is 5.41 Å². The van der Waals surface area contributed by atoms with Gasteiger partial charge in [-0.05, 0) is 11.5 Å². The van der Waals surface area contributed by atoms with Crippen LogP contribution >= 0.6 is 0 Å². The van der Waals surface area contributed by atoms with Crippen LogP contribution in [0.1, 0.15) is 38.1 Å². The molecule has 0 saturated carbocycles. The minimum Gasteiger partial charge on any atom is -0.443 e. The molecule has 136 valence electrons. The number of benzene rings is 1. The highest BCUT2D eigenvalue weighted by molar-refractivity contribution is 5.85. The van der Waals surface area contributed by atoms with E-state index in [1.54, 1.807) is 13.2 Å². The summed E-state index contributed by atoms with van der Waals surface area (Å²) in [4.78, 5) is 13.1. The zero-order chi connectivity index (χ0) is 18.6. The third-order valence-electron chi connectivity index (χ3n) is 4.10. The maximum Gasteiger partial charge on any atom is 0.213 e. The van der Waals surface area contributed by atoms with Gasteiger partial charge in [0.15, 0.2) is 5.96 Å². The molecule has 0 atom stereocenters. The molecule has 0 radical (unpaired) electrons. The molecule has 0 saturated heterocycles. The molecule has 26 heavy (non-hydrogen) atoms. The Kier molecular flexibility index (Phi) is 5.21. The number of nitrogens with zero attached hydrogens (tertiary/aromatic N) is 3. The molecule has 2 N–H and O–H groups in total. The largest absolute Gasteiger partial charge is 0.443 e. The molecule has 1 aromatic carbocycles. The summed E-state index contributed by atoms with van der Waals surface area (Å²) in [5.74, 6) is 2.19. The molecule has 2 heterocycles. The fraction of sp³-hybridized carbons (Fsp3) is 0.350. The first kappa shape index (κ1) is 17.9. The third-order valence-corrected chi connectivity index (χ3v) is 4.10. The van der Waals surface area contributed by atoms with Crippen LogP contribution in [0, 0.1) is 0 Å². The fourth-order valence-corrected chi connectivity index (χ4v) is 2.61. The van der Waals surface area contributed by atoms with Crippen molar-refractivity contribution >= 4 is 16.7 Å². The lowest BCUT2D eigenvalue weighted by atomic mass is 9.94. The van der Waals surface area contributed by atoms with E-state index in [0.29, 0.717) is 24.9 Å². The van der Waals surface area contributed by atoms with Crippen molar-refractivity contribution in [2.75, 3.05) is 7.05 Å². The number of aromatic nitrogens is 2. The van der Waals surface area contributed by atoms with E-state index in [1.165, 1.54) is 5.39 Å². The summed E-state index contributed by atoms with van der Waals surface area (Å²) in [5, 5.41) is 8.83. The van der Waals surface area contributed by atoms with Gasteiger partial charge in [0.25, 0.3) is 0 Å². The average Bonchev–Trinajstić information content (AvgIpc) is 3.11. The second kappa shape index (κ2) is 7.56. The molecule has 0 amide bonds. The number of fused-ring (bicyclic) bond motifs is 1. The monoisotopic (exact) mass is 351 g/mol. The van der Waals surface area contributed by atoms with E-state index in [1.807, 2.05) is 24.4 Å². The third kappa shape index (κ3) is 4.20. The lowest BCUT2D eigenvalue weighted by Crippen LogP contribution is -2.36. The summed E-state index contributed by atoms with van der Waals surface area (Å²) < 4.78 is 5.79. The van der Waals surface area contributed by atoms with Gasteiger partial charge >= 0.3 is 0 Å². The number of rotatable bonds is 4. The molecule has 0 aliphatic rings. The van der Waals surface area contributed by atoms with Crippen LogP contribution in [0.5, 0.6) is 0 Å². The van der Waals surface area contributed by atoms with Crippen molar-refractivity contribution in [3.05, 3.63) is 60.1 Å². The highest BCUT2D eigenvalue weighted by Crippen LogP contribution is 2.22. The van der Waals surface area contributed by atoms with Crippen LogP contribution in [0.15, 0.2) is 52.1 Å². The van der Waals surface area contributed by atoms with Gasteiger partial charge in [-0.1, -0.05) is 45.0 Å². The molecular weight excluding hydrogens is 326 g/mol. The SMILES string of the molecule is CN=C(NCc1ncc(C(C)(C)C)o1)NCc1nccc2ccccc12. The standard InChI is InChI=1S/C20H25N5O/c1-20(2,3)17-12-23-18(26-17)13-25-19(21-4)24-11-16-15-8-6-5-7-14(15)9-10-22-16/h5-10,12H,11,13H2,1-4H3,(H2,21,24,25). The number of hydrogen-bond acceptors (Lipinski definition) is 4. The minimum atomic E-state index is -0.0504. The Bertz CT molecular complexity index is 902.